The summed E-state index contributed by atoms with van der Waals surface area (Å²) < 4.78 is 6.41. The van der Waals surface area contributed by atoms with Crippen LogP contribution >= 0.6 is 24.0 Å². The lowest BCUT2D eigenvalue weighted by atomic mass is 9.93. The molecule has 1 fully saturated rings. The minimum atomic E-state index is -0.0974. The van der Waals surface area contributed by atoms with Crippen LogP contribution in [0.2, 0.25) is 0 Å². The largest absolute Gasteiger partial charge is 0.380 e. The van der Waals surface area contributed by atoms with Crippen molar-refractivity contribution in [2.24, 2.45) is 10.8 Å². The molecule has 7 nitrogen and oxygen atoms in total. The van der Waals surface area contributed by atoms with Crippen molar-refractivity contribution in [1.82, 2.24) is 15.5 Å². The number of thiocarbonyl (C=S) groups is 1. The third-order valence-corrected chi connectivity index (χ3v) is 5.05. The van der Waals surface area contributed by atoms with Crippen LogP contribution in [-0.4, -0.2) is 66.0 Å². The van der Waals surface area contributed by atoms with E-state index in [0.29, 0.717) is 45.0 Å². The van der Waals surface area contributed by atoms with Crippen LogP contribution in [0.4, 0.5) is 0 Å². The summed E-state index contributed by atoms with van der Waals surface area (Å²) in [4.78, 5) is 33.5. The van der Waals surface area contributed by atoms with Gasteiger partial charge in [-0.25, -0.2) is 0 Å². The Morgan fingerprint density at radius 1 is 1.21 bits per heavy atom. The zero-order valence-electron chi connectivity index (χ0n) is 19.2. The van der Waals surface area contributed by atoms with Gasteiger partial charge in [-0.15, -0.1) is 0 Å². The first kappa shape index (κ1) is 30.0. The monoisotopic (exact) mass is 449 g/mol. The van der Waals surface area contributed by atoms with Gasteiger partial charge in [-0.3, -0.25) is 19.3 Å². The zero-order valence-corrected chi connectivity index (χ0v) is 20.8. The number of nitrogens with one attached hydrogen (secondary N) is 2. The number of rotatable bonds is 10. The molecule has 0 unspecified atom stereocenters. The Labute approximate surface area is 186 Å². The highest BCUT2D eigenvalue weighted by molar-refractivity contribution is 8.23. The van der Waals surface area contributed by atoms with E-state index in [-0.39, 0.29) is 22.6 Å². The Bertz CT molecular complexity index is 510. The van der Waals surface area contributed by atoms with E-state index in [1.165, 1.54) is 18.7 Å². The maximum absolute atomic E-state index is 10.8. The molecule has 0 aromatic carbocycles. The number of carbonyl (C=O) groups excluding carboxylic acids is 3. The van der Waals surface area contributed by atoms with E-state index >= 15 is 0 Å². The maximum atomic E-state index is 10.8. The van der Waals surface area contributed by atoms with Crippen LogP contribution in [0.3, 0.4) is 0 Å². The first-order valence-corrected chi connectivity index (χ1v) is 11.3. The van der Waals surface area contributed by atoms with Crippen LogP contribution in [-0.2, 0) is 19.1 Å². The Morgan fingerprint density at radius 3 is 2.07 bits per heavy atom. The Balaban J connectivity index is 0. The van der Waals surface area contributed by atoms with Crippen molar-refractivity contribution >= 4 is 46.5 Å². The second-order valence-corrected chi connectivity index (χ2v) is 9.53. The molecule has 1 saturated heterocycles. The first-order valence-electron chi connectivity index (χ1n) is 9.90. The highest BCUT2D eigenvalue weighted by atomic mass is 32.2. The van der Waals surface area contributed by atoms with Gasteiger partial charge in [0.1, 0.15) is 4.32 Å². The van der Waals surface area contributed by atoms with Gasteiger partial charge in [0.2, 0.25) is 18.2 Å². The molecule has 0 aromatic heterocycles. The summed E-state index contributed by atoms with van der Waals surface area (Å²) in [5.41, 5.74) is -0.190. The van der Waals surface area contributed by atoms with E-state index in [1.54, 1.807) is 4.90 Å². The molecule has 9 heteroatoms. The van der Waals surface area contributed by atoms with Gasteiger partial charge < -0.3 is 15.4 Å². The maximum Gasteiger partial charge on any atom is 0.238 e. The van der Waals surface area contributed by atoms with Crippen molar-refractivity contribution < 1.29 is 19.1 Å². The van der Waals surface area contributed by atoms with Crippen molar-refractivity contribution in [3.05, 3.63) is 0 Å². The lowest BCUT2D eigenvalue weighted by molar-refractivity contribution is -0.124. The zero-order chi connectivity index (χ0) is 23.1. The fourth-order valence-corrected chi connectivity index (χ4v) is 3.27. The van der Waals surface area contributed by atoms with Crippen LogP contribution in [0.1, 0.15) is 55.4 Å². The average molecular weight is 450 g/mol. The first-order chi connectivity index (χ1) is 13.4. The predicted octanol–water partition coefficient (Wildman–Crippen LogP) is 2.83. The van der Waals surface area contributed by atoms with E-state index in [1.807, 2.05) is 48.5 Å². The summed E-state index contributed by atoms with van der Waals surface area (Å²) in [5.74, 6) is 0.651. The molecule has 1 aliphatic heterocycles. The number of thioether (sulfide) groups is 1. The van der Waals surface area contributed by atoms with Crippen LogP contribution in [0.25, 0.3) is 0 Å². The topological polar surface area (TPSA) is 87.7 Å². The van der Waals surface area contributed by atoms with Crippen LogP contribution in [0.15, 0.2) is 0 Å². The molecule has 0 spiro atoms. The molecule has 0 aliphatic carbocycles. The van der Waals surface area contributed by atoms with Crippen LogP contribution < -0.4 is 10.6 Å². The van der Waals surface area contributed by atoms with Gasteiger partial charge in [-0.2, -0.15) is 0 Å². The highest BCUT2D eigenvalue weighted by Crippen LogP contribution is 2.19. The molecule has 0 atom stereocenters. The number of carbonyl (C=O) groups is 3. The van der Waals surface area contributed by atoms with E-state index in [9.17, 15) is 14.4 Å². The van der Waals surface area contributed by atoms with Gasteiger partial charge in [0.25, 0.3) is 0 Å². The van der Waals surface area contributed by atoms with Gasteiger partial charge in [0.05, 0.1) is 19.0 Å². The Hall–Kier alpha value is -1.19. The summed E-state index contributed by atoms with van der Waals surface area (Å²) in [7, 11) is 0. The van der Waals surface area contributed by atoms with E-state index < -0.39 is 0 Å². The lowest BCUT2D eigenvalue weighted by Gasteiger charge is -2.29. The van der Waals surface area contributed by atoms with Crippen molar-refractivity contribution in [1.29, 1.82) is 0 Å². The Kier molecular flexibility index (Phi) is 16.2. The normalized spacial score (nSPS) is 13.7. The third kappa shape index (κ3) is 15.3. The van der Waals surface area contributed by atoms with Crippen LogP contribution in [0.5, 0.6) is 0 Å². The third-order valence-electron chi connectivity index (χ3n) is 3.62. The molecule has 1 heterocycles. The molecule has 3 amide bonds. The van der Waals surface area contributed by atoms with E-state index in [0.717, 1.165) is 4.32 Å². The molecule has 0 bridgehead atoms. The van der Waals surface area contributed by atoms with Gasteiger partial charge >= 0.3 is 0 Å². The van der Waals surface area contributed by atoms with E-state index in [4.69, 9.17) is 17.0 Å². The summed E-state index contributed by atoms with van der Waals surface area (Å²) in [6.45, 7) is 18.6. The van der Waals surface area contributed by atoms with Crippen molar-refractivity contribution in [2.75, 3.05) is 38.6 Å². The molecule has 0 saturated carbocycles. The molecule has 2 N–H and O–H groups in total. The second-order valence-electron chi connectivity index (χ2n) is 7.92. The van der Waals surface area contributed by atoms with Crippen molar-refractivity contribution in [2.45, 2.75) is 55.4 Å². The summed E-state index contributed by atoms with van der Waals surface area (Å²) in [6, 6.07) is 0. The van der Waals surface area contributed by atoms with Crippen LogP contribution in [0, 0.1) is 10.8 Å². The van der Waals surface area contributed by atoms with Gasteiger partial charge in [0, 0.05) is 37.4 Å². The minimum absolute atomic E-state index is 0.0291. The van der Waals surface area contributed by atoms with E-state index in [2.05, 4.69) is 10.6 Å². The average Bonchev–Trinajstić information content (AvgIpc) is 2.98. The molecule has 0 aromatic rings. The molecular formula is C20H39N3O4S2. The highest BCUT2D eigenvalue weighted by Gasteiger charge is 2.24. The number of nitrogens with zero attached hydrogens (tertiary/aromatic N) is 1. The summed E-state index contributed by atoms with van der Waals surface area (Å²) >= 11 is 6.33. The smallest absolute Gasteiger partial charge is 0.238 e. The summed E-state index contributed by atoms with van der Waals surface area (Å²) in [6.07, 6.45) is 0.697. The predicted molar refractivity (Wildman–Crippen MR) is 125 cm³/mol. The molecule has 29 heavy (non-hydrogen) atoms. The standard InChI is InChI=1S/C13H26N2O3.C5H7NOS2.C2H6/c1-11(17)15-7-13(4,5)9-18-8-12(2,3)6-14-10-16;1-2-6-4(7)3-9-5(6)8;1-2/h10H,6-9H2,1-5H3,(H,14,16)(H,15,17);2-3H2,1H3;1-2H3. The molecular weight excluding hydrogens is 410 g/mol. The van der Waals surface area contributed by atoms with Gasteiger partial charge in [-0.05, 0) is 6.92 Å². The second kappa shape index (κ2) is 15.6. The number of ether oxygens (including phenoxy) is 1. The van der Waals surface area contributed by atoms with Gasteiger partial charge in [-0.1, -0.05) is 65.5 Å². The van der Waals surface area contributed by atoms with Gasteiger partial charge in [0.15, 0.2) is 0 Å². The molecule has 1 aliphatic rings. The van der Waals surface area contributed by atoms with Crippen molar-refractivity contribution in [3.8, 4) is 0 Å². The van der Waals surface area contributed by atoms with Crippen molar-refractivity contribution in [3.63, 3.8) is 0 Å². The molecule has 1 rings (SSSR count). The lowest BCUT2D eigenvalue weighted by Crippen LogP contribution is -2.38. The quantitative estimate of drug-likeness (QED) is 0.394. The number of hydrogen-bond acceptors (Lipinski definition) is 6. The number of amides is 3. The molecule has 170 valence electrons. The molecule has 0 radical (unpaired) electrons. The summed E-state index contributed by atoms with van der Waals surface area (Å²) in [5, 5.41) is 5.45. The fraction of sp³-hybridized carbons (Fsp3) is 0.800. The number of hydrogen-bond donors (Lipinski definition) is 2. The fourth-order valence-electron chi connectivity index (χ4n) is 2.07. The minimum Gasteiger partial charge on any atom is -0.380 e. The Morgan fingerprint density at radius 2 is 1.72 bits per heavy atom. The SMILES string of the molecule is CC.CC(=O)NCC(C)(C)COCC(C)(C)CNC=O.CCN1C(=O)CSC1=S.